The number of nitrogens with one attached hydrogen (secondary N) is 1. The minimum atomic E-state index is -0.385. The lowest BCUT2D eigenvalue weighted by molar-refractivity contribution is -0.140. The molecule has 33 heavy (non-hydrogen) atoms. The highest BCUT2D eigenvalue weighted by Gasteiger charge is 2.41. The lowest BCUT2D eigenvalue weighted by atomic mass is 10.0. The first-order valence-corrected chi connectivity index (χ1v) is 10.8. The van der Waals surface area contributed by atoms with Crippen LogP contribution >= 0.6 is 12.2 Å². The standard InChI is InChI=1S/C24H24N4O4S/c1-31-20(29)12-15-28-22(21(26-24(28)33)18-6-3-4-13-25-18)19-7-5-14-27(19)17-10-8-16(9-11-17)23(30)32-2/h3-11,13-14,21-22H,12,15H2,1-2H3,(H,26,33)/t21-,22-/m1/s1. The van der Waals surface area contributed by atoms with Gasteiger partial charge in [-0.05, 0) is 60.7 Å². The van der Waals surface area contributed by atoms with Gasteiger partial charge in [-0.25, -0.2) is 4.79 Å². The lowest BCUT2D eigenvalue weighted by Gasteiger charge is -2.28. The SMILES string of the molecule is COC(=O)CCN1C(=S)N[C@H](c2ccccn2)[C@H]1c1cccn1-c1ccc(C(=O)OC)cc1. The maximum atomic E-state index is 11.9. The van der Waals surface area contributed by atoms with Gasteiger partial charge in [0, 0.05) is 30.3 Å². The number of aromatic nitrogens is 2. The zero-order valence-electron chi connectivity index (χ0n) is 18.3. The summed E-state index contributed by atoms with van der Waals surface area (Å²) in [5.74, 6) is -0.685. The van der Waals surface area contributed by atoms with Crippen LogP contribution in [0.25, 0.3) is 5.69 Å². The van der Waals surface area contributed by atoms with Crippen molar-refractivity contribution in [2.75, 3.05) is 20.8 Å². The normalized spacial score (nSPS) is 17.5. The summed E-state index contributed by atoms with van der Waals surface area (Å²) >= 11 is 5.65. The zero-order valence-corrected chi connectivity index (χ0v) is 19.1. The van der Waals surface area contributed by atoms with Crippen LogP contribution in [-0.2, 0) is 14.3 Å². The van der Waals surface area contributed by atoms with Gasteiger partial charge in [0.25, 0.3) is 0 Å². The average molecular weight is 465 g/mol. The van der Waals surface area contributed by atoms with E-state index >= 15 is 0 Å². The van der Waals surface area contributed by atoms with Crippen molar-refractivity contribution in [1.29, 1.82) is 0 Å². The average Bonchev–Trinajstić information content (AvgIpc) is 3.46. The van der Waals surface area contributed by atoms with E-state index < -0.39 is 0 Å². The van der Waals surface area contributed by atoms with E-state index in [1.54, 1.807) is 18.3 Å². The molecule has 0 aliphatic carbocycles. The fourth-order valence-electron chi connectivity index (χ4n) is 4.03. The number of hydrogen-bond acceptors (Lipinski definition) is 6. The van der Waals surface area contributed by atoms with Gasteiger partial charge in [-0.15, -0.1) is 0 Å². The highest BCUT2D eigenvalue weighted by molar-refractivity contribution is 7.80. The van der Waals surface area contributed by atoms with Gasteiger partial charge < -0.3 is 24.3 Å². The van der Waals surface area contributed by atoms with Crippen LogP contribution in [0, 0.1) is 0 Å². The third-order valence-corrected chi connectivity index (χ3v) is 5.98. The monoisotopic (exact) mass is 464 g/mol. The first-order chi connectivity index (χ1) is 16.0. The van der Waals surface area contributed by atoms with Crippen LogP contribution in [0.2, 0.25) is 0 Å². The number of ether oxygens (including phenoxy) is 2. The summed E-state index contributed by atoms with van der Waals surface area (Å²) in [7, 11) is 2.73. The maximum absolute atomic E-state index is 11.9. The summed E-state index contributed by atoms with van der Waals surface area (Å²) in [5.41, 5.74) is 3.17. The Hall–Kier alpha value is -3.72. The fraction of sp³-hybridized carbons (Fsp3) is 0.250. The van der Waals surface area contributed by atoms with Crippen molar-refractivity contribution in [1.82, 2.24) is 19.8 Å². The van der Waals surface area contributed by atoms with Crippen molar-refractivity contribution in [3.63, 3.8) is 0 Å². The molecule has 0 amide bonds. The number of carbonyl (C=O) groups is 2. The fourth-order valence-corrected chi connectivity index (χ4v) is 4.36. The molecule has 9 heteroatoms. The molecular formula is C24H24N4O4S. The number of rotatable bonds is 7. The summed E-state index contributed by atoms with van der Waals surface area (Å²) in [5, 5.41) is 3.93. The van der Waals surface area contributed by atoms with Gasteiger partial charge in [0.05, 0.1) is 44.0 Å². The molecule has 170 valence electrons. The third-order valence-electron chi connectivity index (χ3n) is 5.63. The molecule has 1 saturated heterocycles. The Morgan fingerprint density at radius 1 is 1.06 bits per heavy atom. The van der Waals surface area contributed by atoms with Gasteiger partial charge in [-0.2, -0.15) is 0 Å². The summed E-state index contributed by atoms with van der Waals surface area (Å²) in [6.45, 7) is 0.402. The number of methoxy groups -OCH3 is 2. The van der Waals surface area contributed by atoms with Crippen LogP contribution in [0.5, 0.6) is 0 Å². The van der Waals surface area contributed by atoms with E-state index in [1.807, 2.05) is 58.1 Å². The van der Waals surface area contributed by atoms with Crippen LogP contribution in [-0.4, -0.2) is 52.3 Å². The molecule has 1 aliphatic heterocycles. The van der Waals surface area contributed by atoms with Crippen LogP contribution in [0.15, 0.2) is 67.0 Å². The predicted molar refractivity (Wildman–Crippen MR) is 126 cm³/mol. The summed E-state index contributed by atoms with van der Waals surface area (Å²) in [6, 6.07) is 16.5. The van der Waals surface area contributed by atoms with Gasteiger partial charge >= 0.3 is 11.9 Å². The topological polar surface area (TPSA) is 85.7 Å². The van der Waals surface area contributed by atoms with E-state index in [1.165, 1.54) is 14.2 Å². The summed E-state index contributed by atoms with van der Waals surface area (Å²) in [6.07, 6.45) is 3.91. The highest BCUT2D eigenvalue weighted by atomic mass is 32.1. The van der Waals surface area contributed by atoms with Gasteiger partial charge in [0.15, 0.2) is 5.11 Å². The molecule has 8 nitrogen and oxygen atoms in total. The Morgan fingerprint density at radius 2 is 1.85 bits per heavy atom. The van der Waals surface area contributed by atoms with E-state index in [9.17, 15) is 9.59 Å². The van der Waals surface area contributed by atoms with E-state index in [0.29, 0.717) is 17.2 Å². The Morgan fingerprint density at radius 3 is 2.52 bits per heavy atom. The van der Waals surface area contributed by atoms with Crippen molar-refractivity contribution in [3.05, 3.63) is 83.9 Å². The second-order valence-corrected chi connectivity index (χ2v) is 7.87. The van der Waals surface area contributed by atoms with Crippen LogP contribution in [0.1, 0.15) is 40.3 Å². The molecule has 3 heterocycles. The van der Waals surface area contributed by atoms with Crippen molar-refractivity contribution in [2.24, 2.45) is 0 Å². The molecule has 4 rings (SSSR count). The largest absolute Gasteiger partial charge is 0.469 e. The summed E-state index contributed by atoms with van der Waals surface area (Å²) in [4.78, 5) is 30.2. The number of benzene rings is 1. The molecule has 2 aromatic heterocycles. The third kappa shape index (κ3) is 4.58. The minimum Gasteiger partial charge on any atom is -0.469 e. The van der Waals surface area contributed by atoms with E-state index in [0.717, 1.165) is 17.1 Å². The zero-order chi connectivity index (χ0) is 23.4. The quantitative estimate of drug-likeness (QED) is 0.422. The second-order valence-electron chi connectivity index (χ2n) is 7.49. The second kappa shape index (κ2) is 9.83. The number of nitrogens with zero attached hydrogens (tertiary/aromatic N) is 3. The van der Waals surface area contributed by atoms with Crippen molar-refractivity contribution >= 4 is 29.3 Å². The molecule has 0 spiro atoms. The van der Waals surface area contributed by atoms with Crippen molar-refractivity contribution in [3.8, 4) is 5.69 Å². The molecule has 0 bridgehead atoms. The lowest BCUT2D eigenvalue weighted by Crippen LogP contribution is -2.32. The molecule has 0 unspecified atom stereocenters. The Labute approximate surface area is 197 Å². The van der Waals surface area contributed by atoms with Gasteiger partial charge in [0.2, 0.25) is 0 Å². The predicted octanol–water partition coefficient (Wildman–Crippen LogP) is 3.19. The van der Waals surface area contributed by atoms with Crippen molar-refractivity contribution < 1.29 is 19.1 Å². The number of pyridine rings is 1. The summed E-state index contributed by atoms with van der Waals surface area (Å²) < 4.78 is 11.7. The molecule has 0 radical (unpaired) electrons. The molecule has 3 aromatic rings. The maximum Gasteiger partial charge on any atom is 0.337 e. The highest BCUT2D eigenvalue weighted by Crippen LogP contribution is 2.39. The van der Waals surface area contributed by atoms with Gasteiger partial charge in [-0.3, -0.25) is 9.78 Å². The first-order valence-electron chi connectivity index (χ1n) is 10.4. The first kappa shape index (κ1) is 22.5. The molecule has 1 aliphatic rings. The minimum absolute atomic E-state index is 0.207. The number of thiocarbonyl (C=S) groups is 1. The smallest absolute Gasteiger partial charge is 0.337 e. The Kier molecular flexibility index (Phi) is 6.69. The Balaban J connectivity index is 1.73. The number of hydrogen-bond donors (Lipinski definition) is 1. The van der Waals surface area contributed by atoms with Crippen LogP contribution in [0.3, 0.4) is 0 Å². The van der Waals surface area contributed by atoms with Gasteiger partial charge in [0.1, 0.15) is 0 Å². The number of carbonyl (C=O) groups excluding carboxylic acids is 2. The van der Waals surface area contributed by atoms with E-state index in [4.69, 9.17) is 21.7 Å². The molecule has 1 fully saturated rings. The molecule has 1 aromatic carbocycles. The molecule has 2 atom stereocenters. The van der Waals surface area contributed by atoms with Gasteiger partial charge in [-0.1, -0.05) is 6.07 Å². The molecule has 0 saturated carbocycles. The van der Waals surface area contributed by atoms with Crippen LogP contribution < -0.4 is 5.32 Å². The number of esters is 2. The van der Waals surface area contributed by atoms with E-state index in [2.05, 4.69) is 10.3 Å². The van der Waals surface area contributed by atoms with Crippen molar-refractivity contribution in [2.45, 2.75) is 18.5 Å². The van der Waals surface area contributed by atoms with E-state index in [-0.39, 0.29) is 30.4 Å². The van der Waals surface area contributed by atoms with Crippen LogP contribution in [0.4, 0.5) is 0 Å². The molecular weight excluding hydrogens is 440 g/mol. The Bertz CT molecular complexity index is 1150. The molecule has 1 N–H and O–H groups in total.